The van der Waals surface area contributed by atoms with Crippen LogP contribution in [0.2, 0.25) is 0 Å². The van der Waals surface area contributed by atoms with Crippen molar-refractivity contribution >= 4 is 0 Å². The molecule has 3 heteroatoms. The summed E-state index contributed by atoms with van der Waals surface area (Å²) in [6.45, 7) is 4.88. The number of likely N-dealkylation sites (tertiary alicyclic amines) is 1. The molecule has 2 unspecified atom stereocenters. The molecule has 1 heterocycles. The molecule has 14 heavy (non-hydrogen) atoms. The largest absolute Gasteiger partial charge is 0.392 e. The Kier molecular flexibility index (Phi) is 5.45. The van der Waals surface area contributed by atoms with Gasteiger partial charge in [-0.1, -0.05) is 12.8 Å². The van der Waals surface area contributed by atoms with Gasteiger partial charge in [0, 0.05) is 19.1 Å². The van der Waals surface area contributed by atoms with Gasteiger partial charge in [0.1, 0.15) is 0 Å². The summed E-state index contributed by atoms with van der Waals surface area (Å²) in [5.41, 5.74) is 5.38. The first-order valence-electron chi connectivity index (χ1n) is 5.86. The van der Waals surface area contributed by atoms with Gasteiger partial charge in [-0.15, -0.1) is 0 Å². The minimum Gasteiger partial charge on any atom is -0.392 e. The molecule has 1 aliphatic rings. The molecule has 0 amide bonds. The lowest BCUT2D eigenvalue weighted by atomic mass is 10.1. The van der Waals surface area contributed by atoms with Gasteiger partial charge in [0.05, 0.1) is 6.10 Å². The number of nitrogens with zero attached hydrogens (tertiary/aromatic N) is 1. The highest BCUT2D eigenvalue weighted by atomic mass is 16.3. The lowest BCUT2D eigenvalue weighted by Crippen LogP contribution is -2.36. The lowest BCUT2D eigenvalue weighted by molar-refractivity contribution is 0.132. The van der Waals surface area contributed by atoms with Crippen LogP contribution in [-0.4, -0.2) is 41.8 Å². The molecular weight excluding hydrogens is 176 g/mol. The second kappa shape index (κ2) is 6.38. The fourth-order valence-corrected chi connectivity index (χ4v) is 2.10. The van der Waals surface area contributed by atoms with Crippen molar-refractivity contribution in [3.63, 3.8) is 0 Å². The number of hydrogen-bond donors (Lipinski definition) is 2. The number of hydrogen-bond acceptors (Lipinski definition) is 3. The highest BCUT2D eigenvalue weighted by molar-refractivity contribution is 4.72. The maximum Gasteiger partial charge on any atom is 0.0674 e. The van der Waals surface area contributed by atoms with Crippen LogP contribution in [0.3, 0.4) is 0 Å². The Hall–Kier alpha value is -0.120. The monoisotopic (exact) mass is 200 g/mol. The molecule has 0 spiro atoms. The molecule has 0 aliphatic carbocycles. The van der Waals surface area contributed by atoms with E-state index in [0.717, 1.165) is 13.0 Å². The van der Waals surface area contributed by atoms with Crippen molar-refractivity contribution in [3.8, 4) is 0 Å². The molecule has 0 aromatic carbocycles. The Morgan fingerprint density at radius 2 is 2.21 bits per heavy atom. The second-order valence-electron chi connectivity index (χ2n) is 4.41. The van der Waals surface area contributed by atoms with Gasteiger partial charge in [-0.3, -0.25) is 0 Å². The summed E-state index contributed by atoms with van der Waals surface area (Å²) in [6, 6.07) is 0.683. The predicted octanol–water partition coefficient (Wildman–Crippen LogP) is 0.961. The van der Waals surface area contributed by atoms with E-state index < -0.39 is 0 Å². The number of nitrogens with two attached hydrogens (primary N) is 1. The normalized spacial score (nSPS) is 27.2. The Morgan fingerprint density at radius 1 is 1.43 bits per heavy atom. The van der Waals surface area contributed by atoms with Crippen molar-refractivity contribution in [2.45, 2.75) is 51.2 Å². The summed E-state index contributed by atoms with van der Waals surface area (Å²) >= 11 is 0. The predicted molar refractivity (Wildman–Crippen MR) is 59.2 cm³/mol. The van der Waals surface area contributed by atoms with E-state index in [9.17, 15) is 5.11 Å². The third-order valence-corrected chi connectivity index (χ3v) is 3.21. The van der Waals surface area contributed by atoms with Crippen molar-refractivity contribution in [2.75, 3.05) is 19.6 Å². The van der Waals surface area contributed by atoms with Crippen molar-refractivity contribution in [3.05, 3.63) is 0 Å². The quantitative estimate of drug-likeness (QED) is 0.710. The van der Waals surface area contributed by atoms with Crippen LogP contribution >= 0.6 is 0 Å². The van der Waals surface area contributed by atoms with Gasteiger partial charge >= 0.3 is 0 Å². The van der Waals surface area contributed by atoms with Gasteiger partial charge in [-0.25, -0.2) is 0 Å². The Morgan fingerprint density at radius 3 is 2.93 bits per heavy atom. The number of aliphatic hydroxyl groups is 1. The van der Waals surface area contributed by atoms with Gasteiger partial charge in [-0.05, 0) is 32.7 Å². The van der Waals surface area contributed by atoms with E-state index in [2.05, 4.69) is 11.8 Å². The molecule has 0 saturated carbocycles. The smallest absolute Gasteiger partial charge is 0.0674 e. The molecule has 3 nitrogen and oxygen atoms in total. The lowest BCUT2D eigenvalue weighted by Gasteiger charge is -2.27. The molecular formula is C11H24N2O. The van der Waals surface area contributed by atoms with E-state index in [4.69, 9.17) is 5.73 Å². The van der Waals surface area contributed by atoms with Crippen LogP contribution < -0.4 is 5.73 Å². The summed E-state index contributed by atoms with van der Waals surface area (Å²) in [7, 11) is 0. The molecule has 84 valence electrons. The first kappa shape index (κ1) is 12.0. The average molecular weight is 200 g/mol. The molecule has 1 saturated heterocycles. The number of rotatable bonds is 4. The molecule has 0 aromatic rings. The molecule has 0 bridgehead atoms. The summed E-state index contributed by atoms with van der Waals surface area (Å²) < 4.78 is 0. The van der Waals surface area contributed by atoms with E-state index in [1.165, 1.54) is 32.2 Å². The highest BCUT2D eigenvalue weighted by Gasteiger charge is 2.16. The summed E-state index contributed by atoms with van der Waals surface area (Å²) in [6.07, 6.45) is 5.84. The van der Waals surface area contributed by atoms with Crippen molar-refractivity contribution in [1.29, 1.82) is 0 Å². The van der Waals surface area contributed by atoms with Gasteiger partial charge in [-0.2, -0.15) is 0 Å². The van der Waals surface area contributed by atoms with Gasteiger partial charge in [0.2, 0.25) is 0 Å². The summed E-state index contributed by atoms with van der Waals surface area (Å²) in [5, 5.41) is 9.39. The van der Waals surface area contributed by atoms with Crippen LogP contribution in [0.25, 0.3) is 0 Å². The van der Waals surface area contributed by atoms with Crippen LogP contribution in [0.5, 0.6) is 0 Å². The molecule has 0 aromatic heterocycles. The van der Waals surface area contributed by atoms with Gasteiger partial charge < -0.3 is 15.7 Å². The minimum absolute atomic E-state index is 0.314. The van der Waals surface area contributed by atoms with Crippen LogP contribution in [0.1, 0.15) is 39.0 Å². The van der Waals surface area contributed by atoms with E-state index in [-0.39, 0.29) is 6.10 Å². The third-order valence-electron chi connectivity index (χ3n) is 3.21. The molecule has 1 aliphatic heterocycles. The Bertz CT molecular complexity index is 152. The molecule has 1 fully saturated rings. The molecule has 1 rings (SSSR count). The van der Waals surface area contributed by atoms with Crippen molar-refractivity contribution < 1.29 is 5.11 Å². The zero-order valence-electron chi connectivity index (χ0n) is 9.28. The fraction of sp³-hybridized carbons (Fsp3) is 1.00. The second-order valence-corrected chi connectivity index (χ2v) is 4.41. The van der Waals surface area contributed by atoms with Crippen LogP contribution in [0.4, 0.5) is 0 Å². The number of aliphatic hydroxyl groups excluding tert-OH is 1. The molecule has 3 N–H and O–H groups in total. The highest BCUT2D eigenvalue weighted by Crippen LogP contribution is 2.16. The van der Waals surface area contributed by atoms with Crippen LogP contribution in [-0.2, 0) is 0 Å². The van der Waals surface area contributed by atoms with E-state index in [1.54, 1.807) is 0 Å². The Labute approximate surface area is 87.3 Å². The fourth-order valence-electron chi connectivity index (χ4n) is 2.10. The van der Waals surface area contributed by atoms with E-state index in [0.29, 0.717) is 12.6 Å². The molecule has 0 radical (unpaired) electrons. The van der Waals surface area contributed by atoms with Crippen molar-refractivity contribution in [1.82, 2.24) is 4.90 Å². The zero-order valence-corrected chi connectivity index (χ0v) is 9.28. The van der Waals surface area contributed by atoms with E-state index in [1.807, 2.05) is 0 Å². The summed E-state index contributed by atoms with van der Waals surface area (Å²) in [5.74, 6) is 0. The van der Waals surface area contributed by atoms with Crippen LogP contribution in [0.15, 0.2) is 0 Å². The standard InChI is InChI=1S/C11H24N2O/c1-10-5-3-2-4-7-13(10)8-6-11(14)9-12/h10-11,14H,2-9,12H2,1H3. The average Bonchev–Trinajstić information content (AvgIpc) is 2.39. The minimum atomic E-state index is -0.314. The summed E-state index contributed by atoms with van der Waals surface area (Å²) in [4.78, 5) is 2.49. The van der Waals surface area contributed by atoms with Crippen LogP contribution in [0, 0.1) is 0 Å². The van der Waals surface area contributed by atoms with Crippen molar-refractivity contribution in [2.24, 2.45) is 5.73 Å². The molecule has 2 atom stereocenters. The van der Waals surface area contributed by atoms with Gasteiger partial charge in [0.15, 0.2) is 0 Å². The topological polar surface area (TPSA) is 49.5 Å². The SMILES string of the molecule is CC1CCCCCN1CCC(O)CN. The third kappa shape index (κ3) is 3.95. The zero-order chi connectivity index (χ0) is 10.4. The maximum atomic E-state index is 9.39. The van der Waals surface area contributed by atoms with Gasteiger partial charge in [0.25, 0.3) is 0 Å². The Balaban J connectivity index is 2.26. The first-order valence-corrected chi connectivity index (χ1v) is 5.86. The maximum absolute atomic E-state index is 9.39. The first-order chi connectivity index (χ1) is 6.74. The van der Waals surface area contributed by atoms with E-state index >= 15 is 0 Å².